The van der Waals surface area contributed by atoms with Crippen molar-refractivity contribution in [2.24, 2.45) is 5.73 Å². The lowest BCUT2D eigenvalue weighted by atomic mass is 10.1. The minimum absolute atomic E-state index is 0.235. The van der Waals surface area contributed by atoms with Gasteiger partial charge >= 0.3 is 0 Å². The van der Waals surface area contributed by atoms with E-state index in [0.717, 1.165) is 11.4 Å². The standard InChI is InChI=1S/C12H14FN3/c1-2-16-12(7-9(8-14)15-16)10-5-3-4-6-11(10)13/h3-7H,2,8,14H2,1H3. The third-order valence-corrected chi connectivity index (χ3v) is 2.49. The van der Waals surface area contributed by atoms with Crippen LogP contribution in [0.25, 0.3) is 11.3 Å². The van der Waals surface area contributed by atoms with E-state index in [4.69, 9.17) is 5.73 Å². The van der Waals surface area contributed by atoms with E-state index in [1.54, 1.807) is 16.8 Å². The lowest BCUT2D eigenvalue weighted by molar-refractivity contribution is 0.619. The number of nitrogens with two attached hydrogens (primary N) is 1. The fourth-order valence-corrected chi connectivity index (χ4v) is 1.70. The van der Waals surface area contributed by atoms with Crippen LogP contribution in [0.5, 0.6) is 0 Å². The first-order chi connectivity index (χ1) is 7.76. The third kappa shape index (κ3) is 1.84. The number of nitrogens with zero attached hydrogens (tertiary/aromatic N) is 2. The van der Waals surface area contributed by atoms with E-state index < -0.39 is 0 Å². The van der Waals surface area contributed by atoms with E-state index in [2.05, 4.69) is 5.10 Å². The number of rotatable bonds is 3. The second-order valence-electron chi connectivity index (χ2n) is 3.52. The van der Waals surface area contributed by atoms with Gasteiger partial charge in [0.2, 0.25) is 0 Å². The minimum atomic E-state index is -0.235. The van der Waals surface area contributed by atoms with Gasteiger partial charge in [-0.25, -0.2) is 4.39 Å². The van der Waals surface area contributed by atoms with Crippen LogP contribution in [-0.2, 0) is 13.1 Å². The Morgan fingerprint density at radius 1 is 1.38 bits per heavy atom. The van der Waals surface area contributed by atoms with Gasteiger partial charge < -0.3 is 5.73 Å². The SMILES string of the molecule is CCn1nc(CN)cc1-c1ccccc1F. The van der Waals surface area contributed by atoms with E-state index in [9.17, 15) is 4.39 Å². The van der Waals surface area contributed by atoms with Crippen molar-refractivity contribution in [3.63, 3.8) is 0 Å². The lowest BCUT2D eigenvalue weighted by Gasteiger charge is -2.05. The summed E-state index contributed by atoms with van der Waals surface area (Å²) in [4.78, 5) is 0. The van der Waals surface area contributed by atoms with Gasteiger partial charge in [-0.05, 0) is 25.1 Å². The topological polar surface area (TPSA) is 43.8 Å². The molecule has 0 aliphatic rings. The molecule has 1 heterocycles. The zero-order valence-electron chi connectivity index (χ0n) is 9.15. The molecule has 0 bridgehead atoms. The Kier molecular flexibility index (Phi) is 3.01. The molecule has 0 aliphatic heterocycles. The summed E-state index contributed by atoms with van der Waals surface area (Å²) in [6.45, 7) is 3.04. The molecule has 2 rings (SSSR count). The predicted octanol–water partition coefficient (Wildman–Crippen LogP) is 2.17. The molecule has 0 saturated carbocycles. The maximum absolute atomic E-state index is 13.6. The van der Waals surface area contributed by atoms with Crippen LogP contribution in [0.2, 0.25) is 0 Å². The molecule has 2 aromatic rings. The molecular formula is C12H14FN3. The van der Waals surface area contributed by atoms with Crippen LogP contribution in [-0.4, -0.2) is 9.78 Å². The van der Waals surface area contributed by atoms with Crippen molar-refractivity contribution in [1.29, 1.82) is 0 Å². The third-order valence-electron chi connectivity index (χ3n) is 2.49. The fourth-order valence-electron chi connectivity index (χ4n) is 1.70. The van der Waals surface area contributed by atoms with Gasteiger partial charge in [-0.1, -0.05) is 12.1 Å². The van der Waals surface area contributed by atoms with Gasteiger partial charge in [0.25, 0.3) is 0 Å². The Bertz CT molecular complexity index is 491. The van der Waals surface area contributed by atoms with Crippen LogP contribution < -0.4 is 5.73 Å². The highest BCUT2D eigenvalue weighted by Gasteiger charge is 2.11. The molecule has 0 unspecified atom stereocenters. The summed E-state index contributed by atoms with van der Waals surface area (Å²) in [6.07, 6.45) is 0. The predicted molar refractivity (Wildman–Crippen MR) is 61.2 cm³/mol. The summed E-state index contributed by atoms with van der Waals surface area (Å²) in [7, 11) is 0. The Morgan fingerprint density at radius 2 is 2.12 bits per heavy atom. The highest BCUT2D eigenvalue weighted by Crippen LogP contribution is 2.23. The van der Waals surface area contributed by atoms with Crippen LogP contribution in [0.1, 0.15) is 12.6 Å². The molecule has 0 radical (unpaired) electrons. The van der Waals surface area contributed by atoms with E-state index in [1.165, 1.54) is 6.07 Å². The molecule has 1 aromatic carbocycles. The largest absolute Gasteiger partial charge is 0.325 e. The summed E-state index contributed by atoms with van der Waals surface area (Å²) in [5.74, 6) is -0.235. The van der Waals surface area contributed by atoms with E-state index >= 15 is 0 Å². The highest BCUT2D eigenvalue weighted by atomic mass is 19.1. The van der Waals surface area contributed by atoms with Gasteiger partial charge in [0.1, 0.15) is 5.82 Å². The van der Waals surface area contributed by atoms with Crippen LogP contribution in [0.15, 0.2) is 30.3 Å². The first kappa shape index (κ1) is 10.8. The summed E-state index contributed by atoms with van der Waals surface area (Å²) >= 11 is 0. The monoisotopic (exact) mass is 219 g/mol. The van der Waals surface area contributed by atoms with Crippen LogP contribution >= 0.6 is 0 Å². The molecular weight excluding hydrogens is 205 g/mol. The zero-order chi connectivity index (χ0) is 11.5. The van der Waals surface area contributed by atoms with Crippen molar-refractivity contribution in [3.8, 4) is 11.3 Å². The number of aromatic nitrogens is 2. The second kappa shape index (κ2) is 4.45. The first-order valence-electron chi connectivity index (χ1n) is 5.28. The molecule has 16 heavy (non-hydrogen) atoms. The molecule has 0 spiro atoms. The van der Waals surface area contributed by atoms with E-state index in [-0.39, 0.29) is 5.82 Å². The Hall–Kier alpha value is -1.68. The summed E-state index contributed by atoms with van der Waals surface area (Å²) in [5.41, 5.74) is 7.66. The van der Waals surface area contributed by atoms with E-state index in [1.807, 2.05) is 19.1 Å². The lowest BCUT2D eigenvalue weighted by Crippen LogP contribution is -2.02. The number of hydrogen-bond donors (Lipinski definition) is 1. The van der Waals surface area contributed by atoms with E-state index in [0.29, 0.717) is 18.7 Å². The average molecular weight is 219 g/mol. The van der Waals surface area contributed by atoms with Crippen LogP contribution in [0, 0.1) is 5.82 Å². The zero-order valence-corrected chi connectivity index (χ0v) is 9.15. The number of benzene rings is 1. The van der Waals surface area contributed by atoms with Gasteiger partial charge in [-0.3, -0.25) is 4.68 Å². The molecule has 0 fully saturated rings. The van der Waals surface area contributed by atoms with Crippen LogP contribution in [0.3, 0.4) is 0 Å². The first-order valence-corrected chi connectivity index (χ1v) is 5.28. The number of aryl methyl sites for hydroxylation is 1. The molecule has 4 heteroatoms. The van der Waals surface area contributed by atoms with Crippen LogP contribution in [0.4, 0.5) is 4.39 Å². The van der Waals surface area contributed by atoms with Crippen molar-refractivity contribution in [3.05, 3.63) is 41.8 Å². The fraction of sp³-hybridized carbons (Fsp3) is 0.250. The molecule has 84 valence electrons. The normalized spacial score (nSPS) is 10.7. The maximum atomic E-state index is 13.6. The van der Waals surface area contributed by atoms with Crippen molar-refractivity contribution < 1.29 is 4.39 Å². The van der Waals surface area contributed by atoms with Gasteiger partial charge in [0.05, 0.1) is 11.4 Å². The molecule has 0 amide bonds. The molecule has 1 aromatic heterocycles. The summed E-state index contributed by atoms with van der Waals surface area (Å²) in [6, 6.07) is 8.52. The quantitative estimate of drug-likeness (QED) is 0.859. The van der Waals surface area contributed by atoms with Gasteiger partial charge in [0.15, 0.2) is 0 Å². The molecule has 2 N–H and O–H groups in total. The Balaban J connectivity index is 2.54. The minimum Gasteiger partial charge on any atom is -0.325 e. The molecule has 0 aliphatic carbocycles. The maximum Gasteiger partial charge on any atom is 0.132 e. The Labute approximate surface area is 93.7 Å². The van der Waals surface area contributed by atoms with Crippen molar-refractivity contribution >= 4 is 0 Å². The highest BCUT2D eigenvalue weighted by molar-refractivity contribution is 5.60. The van der Waals surface area contributed by atoms with Crippen molar-refractivity contribution in [1.82, 2.24) is 9.78 Å². The molecule has 0 atom stereocenters. The summed E-state index contributed by atoms with van der Waals surface area (Å²) < 4.78 is 15.4. The number of halogens is 1. The van der Waals surface area contributed by atoms with Crippen molar-refractivity contribution in [2.45, 2.75) is 20.0 Å². The molecule has 0 saturated heterocycles. The smallest absolute Gasteiger partial charge is 0.132 e. The average Bonchev–Trinajstić information content (AvgIpc) is 2.72. The second-order valence-corrected chi connectivity index (χ2v) is 3.52. The summed E-state index contributed by atoms with van der Waals surface area (Å²) in [5, 5.41) is 4.29. The van der Waals surface area contributed by atoms with Gasteiger partial charge in [-0.15, -0.1) is 0 Å². The van der Waals surface area contributed by atoms with Crippen molar-refractivity contribution in [2.75, 3.05) is 0 Å². The number of hydrogen-bond acceptors (Lipinski definition) is 2. The Morgan fingerprint density at radius 3 is 2.75 bits per heavy atom. The van der Waals surface area contributed by atoms with Gasteiger partial charge in [-0.2, -0.15) is 5.10 Å². The van der Waals surface area contributed by atoms with Gasteiger partial charge in [0, 0.05) is 18.7 Å². The molecule has 3 nitrogen and oxygen atoms in total.